The van der Waals surface area contributed by atoms with Crippen molar-refractivity contribution in [3.05, 3.63) is 22.2 Å². The summed E-state index contributed by atoms with van der Waals surface area (Å²) in [7, 11) is 0. The van der Waals surface area contributed by atoms with Gasteiger partial charge in [-0.2, -0.15) is 0 Å². The molecule has 3 nitrogen and oxygen atoms in total. The van der Waals surface area contributed by atoms with Crippen LogP contribution in [0.15, 0.2) is 16.6 Å². The smallest absolute Gasteiger partial charge is 0.130 e. The van der Waals surface area contributed by atoms with E-state index >= 15 is 0 Å². The van der Waals surface area contributed by atoms with Gasteiger partial charge in [-0.3, -0.25) is 0 Å². The number of hydrogen-bond acceptors (Lipinski definition) is 3. The molecular formula is C9H10BrNO2. The van der Waals surface area contributed by atoms with Gasteiger partial charge in [0.05, 0.1) is 11.1 Å². The van der Waals surface area contributed by atoms with E-state index in [1.54, 1.807) is 12.1 Å². The maximum absolute atomic E-state index is 9.44. The van der Waals surface area contributed by atoms with Gasteiger partial charge in [-0.25, -0.2) is 0 Å². The first-order chi connectivity index (χ1) is 6.18. The maximum atomic E-state index is 9.44. The second-order valence-electron chi connectivity index (χ2n) is 3.09. The van der Waals surface area contributed by atoms with Crippen LogP contribution in [-0.2, 0) is 0 Å². The Morgan fingerprint density at radius 3 is 3.08 bits per heavy atom. The molecule has 1 aromatic carbocycles. The lowest BCUT2D eigenvalue weighted by Crippen LogP contribution is -2.20. The summed E-state index contributed by atoms with van der Waals surface area (Å²) in [5.41, 5.74) is 6.74. The van der Waals surface area contributed by atoms with Crippen LogP contribution in [0.5, 0.6) is 11.5 Å². The minimum absolute atomic E-state index is 0.0252. The predicted octanol–water partition coefficient (Wildman–Crippen LogP) is 1.94. The third-order valence-electron chi connectivity index (χ3n) is 2.17. The van der Waals surface area contributed by atoms with E-state index in [9.17, 15) is 5.11 Å². The molecule has 70 valence electrons. The number of phenols is 1. The second kappa shape index (κ2) is 3.20. The molecule has 1 aliphatic heterocycles. The van der Waals surface area contributed by atoms with E-state index in [4.69, 9.17) is 10.5 Å². The molecule has 0 saturated heterocycles. The highest BCUT2D eigenvalue weighted by Gasteiger charge is 2.19. The number of ether oxygens (including phenoxy) is 1. The minimum Gasteiger partial charge on any atom is -0.507 e. The molecule has 4 heteroatoms. The lowest BCUT2D eigenvalue weighted by molar-refractivity contribution is 0.268. The van der Waals surface area contributed by atoms with Gasteiger partial charge in [-0.15, -0.1) is 0 Å². The fraction of sp³-hybridized carbons (Fsp3) is 0.333. The number of aromatic hydroxyl groups is 1. The van der Waals surface area contributed by atoms with Crippen LogP contribution in [0.2, 0.25) is 0 Å². The van der Waals surface area contributed by atoms with Gasteiger partial charge in [0.1, 0.15) is 11.5 Å². The van der Waals surface area contributed by atoms with Crippen molar-refractivity contribution in [2.24, 2.45) is 5.73 Å². The van der Waals surface area contributed by atoms with Crippen molar-refractivity contribution >= 4 is 15.9 Å². The second-order valence-corrected chi connectivity index (χ2v) is 3.94. The Labute approximate surface area is 84.6 Å². The van der Waals surface area contributed by atoms with Crippen LogP contribution in [0.25, 0.3) is 0 Å². The zero-order valence-electron chi connectivity index (χ0n) is 6.96. The Bertz CT molecular complexity index is 341. The molecule has 0 radical (unpaired) electrons. The molecule has 0 saturated carbocycles. The van der Waals surface area contributed by atoms with Crippen LogP contribution in [0.1, 0.15) is 18.0 Å². The number of fused-ring (bicyclic) bond motifs is 1. The van der Waals surface area contributed by atoms with Crippen molar-refractivity contribution in [1.29, 1.82) is 0 Å². The monoisotopic (exact) mass is 243 g/mol. The number of benzene rings is 1. The molecule has 1 aromatic rings. The molecule has 0 fully saturated rings. The first-order valence-corrected chi connectivity index (χ1v) is 4.88. The van der Waals surface area contributed by atoms with Crippen molar-refractivity contribution in [3.8, 4) is 11.5 Å². The standard InChI is InChI=1S/C9H10BrNO2/c10-6-4-9-5(3-8(6)12)7(11)1-2-13-9/h3-4,7,12H,1-2,11H2. The average molecular weight is 244 g/mol. The Morgan fingerprint density at radius 2 is 2.31 bits per heavy atom. The zero-order chi connectivity index (χ0) is 9.42. The molecule has 0 aliphatic carbocycles. The van der Waals surface area contributed by atoms with Gasteiger partial charge >= 0.3 is 0 Å². The van der Waals surface area contributed by atoms with Crippen LogP contribution in [-0.4, -0.2) is 11.7 Å². The van der Waals surface area contributed by atoms with E-state index in [1.165, 1.54) is 0 Å². The molecule has 1 heterocycles. The summed E-state index contributed by atoms with van der Waals surface area (Å²) in [6, 6.07) is 3.38. The molecule has 13 heavy (non-hydrogen) atoms. The van der Waals surface area contributed by atoms with E-state index in [2.05, 4.69) is 15.9 Å². The zero-order valence-corrected chi connectivity index (χ0v) is 8.54. The number of phenolic OH excluding ortho intramolecular Hbond substituents is 1. The van der Waals surface area contributed by atoms with Crippen LogP contribution in [0.3, 0.4) is 0 Å². The number of rotatable bonds is 0. The van der Waals surface area contributed by atoms with Crippen molar-refractivity contribution in [2.75, 3.05) is 6.61 Å². The molecular weight excluding hydrogens is 234 g/mol. The van der Waals surface area contributed by atoms with Gasteiger partial charge in [-0.05, 0) is 28.1 Å². The molecule has 2 rings (SSSR count). The lowest BCUT2D eigenvalue weighted by Gasteiger charge is -2.23. The quantitative estimate of drug-likeness (QED) is 0.733. The average Bonchev–Trinajstić information content (AvgIpc) is 2.09. The topological polar surface area (TPSA) is 55.5 Å². The highest BCUT2D eigenvalue weighted by molar-refractivity contribution is 9.10. The van der Waals surface area contributed by atoms with Gasteiger partial charge in [0.15, 0.2) is 0 Å². The molecule has 0 aromatic heterocycles. The van der Waals surface area contributed by atoms with E-state index in [0.717, 1.165) is 17.7 Å². The van der Waals surface area contributed by atoms with Gasteiger partial charge in [0.2, 0.25) is 0 Å². The maximum Gasteiger partial charge on any atom is 0.130 e. The van der Waals surface area contributed by atoms with Gasteiger partial charge < -0.3 is 15.6 Å². The van der Waals surface area contributed by atoms with Crippen LogP contribution < -0.4 is 10.5 Å². The van der Waals surface area contributed by atoms with Crippen molar-refractivity contribution in [1.82, 2.24) is 0 Å². The van der Waals surface area contributed by atoms with E-state index in [1.807, 2.05) is 0 Å². The largest absolute Gasteiger partial charge is 0.507 e. The summed E-state index contributed by atoms with van der Waals surface area (Å²) in [5, 5.41) is 9.44. The highest BCUT2D eigenvalue weighted by Crippen LogP contribution is 2.37. The van der Waals surface area contributed by atoms with E-state index in [0.29, 0.717) is 11.1 Å². The van der Waals surface area contributed by atoms with Crippen LogP contribution >= 0.6 is 15.9 Å². The van der Waals surface area contributed by atoms with Crippen molar-refractivity contribution in [2.45, 2.75) is 12.5 Å². The van der Waals surface area contributed by atoms with Crippen LogP contribution in [0, 0.1) is 0 Å². The molecule has 0 spiro atoms. The van der Waals surface area contributed by atoms with E-state index in [-0.39, 0.29) is 11.8 Å². The molecule has 1 atom stereocenters. The Kier molecular flexibility index (Phi) is 2.17. The van der Waals surface area contributed by atoms with Crippen molar-refractivity contribution in [3.63, 3.8) is 0 Å². The molecule has 3 N–H and O–H groups in total. The molecule has 1 aliphatic rings. The number of nitrogens with two attached hydrogens (primary N) is 1. The normalized spacial score (nSPS) is 20.6. The third-order valence-corrected chi connectivity index (χ3v) is 2.80. The fourth-order valence-electron chi connectivity index (χ4n) is 1.43. The molecule has 0 bridgehead atoms. The number of halogens is 1. The van der Waals surface area contributed by atoms with Gasteiger partial charge in [-0.1, -0.05) is 0 Å². The third kappa shape index (κ3) is 1.51. The summed E-state index contributed by atoms with van der Waals surface area (Å²) in [4.78, 5) is 0. The van der Waals surface area contributed by atoms with Crippen LogP contribution in [0.4, 0.5) is 0 Å². The summed E-state index contributed by atoms with van der Waals surface area (Å²) in [5.74, 6) is 0.975. The first-order valence-electron chi connectivity index (χ1n) is 4.09. The predicted molar refractivity (Wildman–Crippen MR) is 52.8 cm³/mol. The SMILES string of the molecule is NC1CCOc2cc(Br)c(O)cc21. The Morgan fingerprint density at radius 1 is 1.54 bits per heavy atom. The van der Waals surface area contributed by atoms with E-state index < -0.39 is 0 Å². The molecule has 1 unspecified atom stereocenters. The summed E-state index contributed by atoms with van der Waals surface area (Å²) >= 11 is 3.22. The Hall–Kier alpha value is -0.740. The van der Waals surface area contributed by atoms with Gasteiger partial charge in [0, 0.05) is 18.0 Å². The highest BCUT2D eigenvalue weighted by atomic mass is 79.9. The Balaban J connectivity index is 2.52. The molecule has 0 amide bonds. The fourth-order valence-corrected chi connectivity index (χ4v) is 1.75. The first kappa shape index (κ1) is 8.84. The lowest BCUT2D eigenvalue weighted by atomic mass is 10.0. The summed E-state index contributed by atoms with van der Waals surface area (Å²) in [6.45, 7) is 0.644. The van der Waals surface area contributed by atoms with Gasteiger partial charge in [0.25, 0.3) is 0 Å². The summed E-state index contributed by atoms with van der Waals surface area (Å²) < 4.78 is 6.05. The number of hydrogen-bond donors (Lipinski definition) is 2. The summed E-state index contributed by atoms with van der Waals surface area (Å²) in [6.07, 6.45) is 0.800. The minimum atomic E-state index is -0.0252. The van der Waals surface area contributed by atoms with Crippen molar-refractivity contribution < 1.29 is 9.84 Å².